The topological polar surface area (TPSA) is 95.6 Å². The first-order valence-corrected chi connectivity index (χ1v) is 12.1. The van der Waals surface area contributed by atoms with Gasteiger partial charge in [-0.2, -0.15) is 0 Å². The van der Waals surface area contributed by atoms with Gasteiger partial charge < -0.3 is 10.6 Å². The lowest BCUT2D eigenvalue weighted by molar-refractivity contribution is 0.0910. The summed E-state index contributed by atoms with van der Waals surface area (Å²) in [5.41, 5.74) is 2.71. The van der Waals surface area contributed by atoms with Crippen molar-refractivity contribution in [3.05, 3.63) is 59.2 Å². The van der Waals surface area contributed by atoms with Crippen LogP contribution in [0, 0.1) is 0 Å². The molecule has 0 saturated carbocycles. The summed E-state index contributed by atoms with van der Waals surface area (Å²) in [5, 5.41) is 5.80. The van der Waals surface area contributed by atoms with E-state index in [4.69, 9.17) is 0 Å². The molecule has 1 aliphatic rings. The molecule has 0 spiro atoms. The number of nitrogens with zero attached hydrogens (tertiary/aromatic N) is 1. The van der Waals surface area contributed by atoms with E-state index in [-0.39, 0.29) is 23.4 Å². The molecule has 0 aromatic heterocycles. The summed E-state index contributed by atoms with van der Waals surface area (Å²) in [6.07, 6.45) is 2.56. The quantitative estimate of drug-likeness (QED) is 0.713. The third kappa shape index (κ3) is 5.07. The van der Waals surface area contributed by atoms with E-state index in [1.54, 1.807) is 42.5 Å². The summed E-state index contributed by atoms with van der Waals surface area (Å²) < 4.78 is 25.5. The molecule has 7 nitrogen and oxygen atoms in total. The minimum absolute atomic E-state index is 0.159. The summed E-state index contributed by atoms with van der Waals surface area (Å²) in [7, 11) is -3.37. The Balaban J connectivity index is 1.72. The third-order valence-corrected chi connectivity index (χ3v) is 6.86. The molecular weight excluding hydrogens is 414 g/mol. The van der Waals surface area contributed by atoms with Crippen molar-refractivity contribution >= 4 is 33.2 Å². The number of nitrogens with one attached hydrogen (secondary N) is 2. The van der Waals surface area contributed by atoms with Gasteiger partial charge in [0.2, 0.25) is 10.0 Å². The van der Waals surface area contributed by atoms with Crippen LogP contribution in [0.3, 0.4) is 0 Å². The van der Waals surface area contributed by atoms with Gasteiger partial charge in [0.15, 0.2) is 0 Å². The molecule has 2 aromatic carbocycles. The number of carbonyl (C=O) groups is 2. The van der Waals surface area contributed by atoms with Gasteiger partial charge in [-0.05, 0) is 81.6 Å². The second-order valence-corrected chi connectivity index (χ2v) is 10.5. The molecule has 0 radical (unpaired) electrons. The monoisotopic (exact) mass is 443 g/mol. The molecule has 2 amide bonds. The van der Waals surface area contributed by atoms with E-state index in [0.29, 0.717) is 28.9 Å². The Morgan fingerprint density at radius 2 is 1.68 bits per heavy atom. The van der Waals surface area contributed by atoms with Crippen molar-refractivity contribution in [2.45, 2.75) is 52.1 Å². The predicted molar refractivity (Wildman–Crippen MR) is 123 cm³/mol. The minimum Gasteiger partial charge on any atom is -0.347 e. The Morgan fingerprint density at radius 1 is 1.06 bits per heavy atom. The van der Waals surface area contributed by atoms with Crippen LogP contribution in [0.25, 0.3) is 0 Å². The Labute approximate surface area is 183 Å². The summed E-state index contributed by atoms with van der Waals surface area (Å²) in [6, 6.07) is 11.6. The van der Waals surface area contributed by atoms with Crippen molar-refractivity contribution in [1.29, 1.82) is 0 Å². The van der Waals surface area contributed by atoms with Crippen LogP contribution < -0.4 is 14.9 Å². The molecule has 2 N–H and O–H groups in total. The molecule has 31 heavy (non-hydrogen) atoms. The van der Waals surface area contributed by atoms with E-state index in [9.17, 15) is 18.0 Å². The maximum Gasteiger partial charge on any atom is 0.255 e. The SMILES string of the molecule is CCC(C)(C)NC(=O)c1ccc(NC(=O)c2ccc3c(c2)CC(C)N3S(C)(=O)=O)cc1. The predicted octanol–water partition coefficient (Wildman–Crippen LogP) is 3.57. The molecular formula is C23H29N3O4S. The number of carbonyl (C=O) groups excluding carboxylic acids is 2. The highest BCUT2D eigenvalue weighted by Crippen LogP contribution is 2.34. The number of rotatable bonds is 6. The maximum absolute atomic E-state index is 12.7. The molecule has 0 bridgehead atoms. The summed E-state index contributed by atoms with van der Waals surface area (Å²) in [6.45, 7) is 7.79. The van der Waals surface area contributed by atoms with Gasteiger partial charge in [0.25, 0.3) is 11.8 Å². The lowest BCUT2D eigenvalue weighted by Crippen LogP contribution is -2.42. The van der Waals surface area contributed by atoms with Crippen LogP contribution in [0.15, 0.2) is 42.5 Å². The van der Waals surface area contributed by atoms with Gasteiger partial charge in [-0.1, -0.05) is 6.92 Å². The molecule has 1 aliphatic heterocycles. The van der Waals surface area contributed by atoms with Crippen LogP contribution >= 0.6 is 0 Å². The fourth-order valence-corrected chi connectivity index (χ4v) is 4.89. The smallest absolute Gasteiger partial charge is 0.255 e. The molecule has 0 aliphatic carbocycles. The Hall–Kier alpha value is -2.87. The zero-order valence-corrected chi connectivity index (χ0v) is 19.3. The normalized spacial score (nSPS) is 16.0. The van der Waals surface area contributed by atoms with Crippen molar-refractivity contribution in [1.82, 2.24) is 5.32 Å². The van der Waals surface area contributed by atoms with E-state index < -0.39 is 10.0 Å². The molecule has 3 rings (SSSR count). The van der Waals surface area contributed by atoms with Gasteiger partial charge in [0.1, 0.15) is 0 Å². The summed E-state index contributed by atoms with van der Waals surface area (Å²) in [4.78, 5) is 25.1. The van der Waals surface area contributed by atoms with Gasteiger partial charge in [0, 0.05) is 28.4 Å². The fraction of sp³-hybridized carbons (Fsp3) is 0.391. The second-order valence-electron chi connectivity index (χ2n) is 8.68. The molecule has 0 fully saturated rings. The van der Waals surface area contributed by atoms with Crippen LogP contribution in [0.2, 0.25) is 0 Å². The lowest BCUT2D eigenvalue weighted by Gasteiger charge is -2.24. The number of benzene rings is 2. The van der Waals surface area contributed by atoms with E-state index in [0.717, 1.165) is 12.0 Å². The van der Waals surface area contributed by atoms with Crippen molar-refractivity contribution in [3.63, 3.8) is 0 Å². The first-order chi connectivity index (χ1) is 14.4. The highest BCUT2D eigenvalue weighted by Gasteiger charge is 2.32. The molecule has 1 atom stereocenters. The molecule has 2 aromatic rings. The first-order valence-electron chi connectivity index (χ1n) is 10.3. The van der Waals surface area contributed by atoms with Crippen molar-refractivity contribution in [2.24, 2.45) is 0 Å². The lowest BCUT2D eigenvalue weighted by atomic mass is 10.0. The minimum atomic E-state index is -3.37. The van der Waals surface area contributed by atoms with Gasteiger partial charge in [0.05, 0.1) is 11.9 Å². The van der Waals surface area contributed by atoms with Crippen LogP contribution in [0.1, 0.15) is 60.4 Å². The van der Waals surface area contributed by atoms with Gasteiger partial charge in [-0.15, -0.1) is 0 Å². The number of amides is 2. The zero-order valence-electron chi connectivity index (χ0n) is 18.5. The Bertz CT molecular complexity index is 1110. The number of hydrogen-bond donors (Lipinski definition) is 2. The van der Waals surface area contributed by atoms with Crippen LogP contribution in [-0.4, -0.2) is 38.1 Å². The van der Waals surface area contributed by atoms with Crippen molar-refractivity contribution < 1.29 is 18.0 Å². The highest BCUT2D eigenvalue weighted by molar-refractivity contribution is 7.92. The van der Waals surface area contributed by atoms with Crippen molar-refractivity contribution in [3.8, 4) is 0 Å². The number of anilines is 2. The van der Waals surface area contributed by atoms with Gasteiger partial charge >= 0.3 is 0 Å². The van der Waals surface area contributed by atoms with E-state index in [1.807, 2.05) is 27.7 Å². The molecule has 1 unspecified atom stereocenters. The van der Waals surface area contributed by atoms with E-state index in [1.165, 1.54) is 10.6 Å². The number of hydrogen-bond acceptors (Lipinski definition) is 4. The van der Waals surface area contributed by atoms with Gasteiger partial charge in [-0.25, -0.2) is 8.42 Å². The summed E-state index contributed by atoms with van der Waals surface area (Å²) >= 11 is 0. The average molecular weight is 444 g/mol. The molecule has 166 valence electrons. The zero-order chi connectivity index (χ0) is 23.0. The average Bonchev–Trinajstić information content (AvgIpc) is 3.03. The Kier molecular flexibility index (Phi) is 6.14. The number of fused-ring (bicyclic) bond motifs is 1. The fourth-order valence-electron chi connectivity index (χ4n) is 3.63. The summed E-state index contributed by atoms with van der Waals surface area (Å²) in [5.74, 6) is -0.453. The first kappa shape index (κ1) is 22.8. The van der Waals surface area contributed by atoms with Crippen molar-refractivity contribution in [2.75, 3.05) is 15.9 Å². The van der Waals surface area contributed by atoms with E-state index >= 15 is 0 Å². The maximum atomic E-state index is 12.7. The standard InChI is InChI=1S/C23H29N3O4S/c1-6-23(3,4)25-22(28)16-7-10-19(11-8-16)24-21(27)17-9-12-20-18(14-17)13-15(2)26(20)31(5,29)30/h7-12,14-15H,6,13H2,1-5H3,(H,24,27)(H,25,28). The Morgan fingerprint density at radius 3 is 2.26 bits per heavy atom. The molecule has 0 saturated heterocycles. The second kappa shape index (κ2) is 8.34. The van der Waals surface area contributed by atoms with E-state index in [2.05, 4.69) is 10.6 Å². The van der Waals surface area contributed by atoms with Crippen LogP contribution in [-0.2, 0) is 16.4 Å². The largest absolute Gasteiger partial charge is 0.347 e. The molecule has 1 heterocycles. The third-order valence-electron chi connectivity index (χ3n) is 5.59. The number of sulfonamides is 1. The van der Waals surface area contributed by atoms with Crippen LogP contribution in [0.5, 0.6) is 0 Å². The van der Waals surface area contributed by atoms with Crippen LogP contribution in [0.4, 0.5) is 11.4 Å². The van der Waals surface area contributed by atoms with Gasteiger partial charge in [-0.3, -0.25) is 13.9 Å². The molecule has 8 heteroatoms. The highest BCUT2D eigenvalue weighted by atomic mass is 32.2.